The highest BCUT2D eigenvalue weighted by atomic mass is 32.1. The zero-order chi connectivity index (χ0) is 12.3. The highest BCUT2D eigenvalue weighted by Gasteiger charge is 2.25. The summed E-state index contributed by atoms with van der Waals surface area (Å²) in [5, 5.41) is 2.72. The molecule has 4 nitrogen and oxygen atoms in total. The first kappa shape index (κ1) is 12.4. The van der Waals surface area contributed by atoms with E-state index in [9.17, 15) is 4.79 Å². The van der Waals surface area contributed by atoms with Gasteiger partial charge in [-0.1, -0.05) is 6.92 Å². The van der Waals surface area contributed by atoms with E-state index >= 15 is 0 Å². The molecule has 5 heteroatoms. The van der Waals surface area contributed by atoms with Gasteiger partial charge in [-0.15, -0.1) is 11.3 Å². The third-order valence-corrected chi connectivity index (χ3v) is 3.73. The number of hydrogen-bond donors (Lipinski definition) is 0. The predicted molar refractivity (Wildman–Crippen MR) is 68.7 cm³/mol. The van der Waals surface area contributed by atoms with Crippen molar-refractivity contribution < 1.29 is 9.53 Å². The van der Waals surface area contributed by atoms with Gasteiger partial charge in [0.05, 0.1) is 7.11 Å². The number of esters is 1. The van der Waals surface area contributed by atoms with E-state index in [-0.39, 0.29) is 5.97 Å². The third kappa shape index (κ3) is 3.19. The van der Waals surface area contributed by atoms with Crippen LogP contribution < -0.4 is 4.90 Å². The van der Waals surface area contributed by atoms with Gasteiger partial charge < -0.3 is 9.64 Å². The molecule has 1 aromatic rings. The lowest BCUT2D eigenvalue weighted by Gasteiger charge is -2.20. The van der Waals surface area contributed by atoms with Crippen molar-refractivity contribution in [3.05, 3.63) is 11.1 Å². The average Bonchev–Trinajstić information content (AvgIpc) is 3.02. The molecule has 0 atom stereocenters. The topological polar surface area (TPSA) is 42.4 Å². The van der Waals surface area contributed by atoms with Gasteiger partial charge in [0.15, 0.2) is 10.8 Å². The van der Waals surface area contributed by atoms with E-state index in [1.807, 2.05) is 0 Å². The molecule has 0 saturated heterocycles. The number of carbonyl (C=O) groups is 1. The molecule has 1 aliphatic carbocycles. The van der Waals surface area contributed by atoms with Crippen molar-refractivity contribution in [2.45, 2.75) is 26.2 Å². The van der Waals surface area contributed by atoms with Crippen LogP contribution in [-0.4, -0.2) is 31.2 Å². The van der Waals surface area contributed by atoms with Gasteiger partial charge in [0.2, 0.25) is 0 Å². The standard InChI is InChI=1S/C12H18N2O2S/c1-3-6-14(7-9-4-5-9)12-13-10(8-17-12)11(15)16-2/h8-9H,3-7H2,1-2H3. The van der Waals surface area contributed by atoms with Gasteiger partial charge in [-0.2, -0.15) is 0 Å². The summed E-state index contributed by atoms with van der Waals surface area (Å²) in [5.41, 5.74) is 0.421. The van der Waals surface area contributed by atoms with Crippen LogP contribution in [0.2, 0.25) is 0 Å². The Morgan fingerprint density at radius 3 is 3.00 bits per heavy atom. The van der Waals surface area contributed by atoms with Gasteiger partial charge in [0, 0.05) is 18.5 Å². The molecule has 0 aromatic carbocycles. The van der Waals surface area contributed by atoms with Gasteiger partial charge in [-0.05, 0) is 25.2 Å². The molecule has 0 amide bonds. The van der Waals surface area contributed by atoms with Crippen LogP contribution in [0.4, 0.5) is 5.13 Å². The van der Waals surface area contributed by atoms with Crippen molar-refractivity contribution in [1.82, 2.24) is 4.98 Å². The maximum atomic E-state index is 11.3. The zero-order valence-corrected chi connectivity index (χ0v) is 11.1. The van der Waals surface area contributed by atoms with E-state index in [0.717, 1.165) is 30.6 Å². The van der Waals surface area contributed by atoms with Crippen LogP contribution in [0.25, 0.3) is 0 Å². The molecular formula is C12H18N2O2S. The summed E-state index contributed by atoms with van der Waals surface area (Å²) >= 11 is 1.53. The van der Waals surface area contributed by atoms with Crippen molar-refractivity contribution in [3.63, 3.8) is 0 Å². The van der Waals surface area contributed by atoms with E-state index < -0.39 is 0 Å². The molecule has 0 aliphatic heterocycles. The molecule has 17 heavy (non-hydrogen) atoms. The number of hydrogen-bond acceptors (Lipinski definition) is 5. The molecular weight excluding hydrogens is 236 g/mol. The first-order chi connectivity index (χ1) is 8.24. The summed E-state index contributed by atoms with van der Waals surface area (Å²) < 4.78 is 4.67. The van der Waals surface area contributed by atoms with E-state index in [1.165, 1.54) is 31.3 Å². The largest absolute Gasteiger partial charge is 0.464 e. The third-order valence-electron chi connectivity index (χ3n) is 2.83. The summed E-state index contributed by atoms with van der Waals surface area (Å²) in [7, 11) is 1.38. The van der Waals surface area contributed by atoms with E-state index in [1.54, 1.807) is 5.38 Å². The van der Waals surface area contributed by atoms with Crippen molar-refractivity contribution in [2.24, 2.45) is 5.92 Å². The molecule has 1 aliphatic rings. The maximum absolute atomic E-state index is 11.3. The number of ether oxygens (including phenoxy) is 1. The summed E-state index contributed by atoms with van der Waals surface area (Å²) in [6, 6.07) is 0. The Labute approximate surface area is 106 Å². The predicted octanol–water partition coefficient (Wildman–Crippen LogP) is 2.56. The van der Waals surface area contributed by atoms with Crippen LogP contribution >= 0.6 is 11.3 Å². The number of anilines is 1. The summed E-state index contributed by atoms with van der Waals surface area (Å²) in [4.78, 5) is 18.0. The Kier molecular flexibility index (Phi) is 3.99. The van der Waals surface area contributed by atoms with E-state index in [0.29, 0.717) is 5.69 Å². The maximum Gasteiger partial charge on any atom is 0.357 e. The average molecular weight is 254 g/mol. The Morgan fingerprint density at radius 2 is 2.41 bits per heavy atom. The lowest BCUT2D eigenvalue weighted by atomic mass is 10.3. The van der Waals surface area contributed by atoms with Crippen molar-refractivity contribution in [3.8, 4) is 0 Å². The molecule has 1 saturated carbocycles. The van der Waals surface area contributed by atoms with Gasteiger partial charge in [0.25, 0.3) is 0 Å². The number of rotatable bonds is 6. The SMILES string of the molecule is CCCN(CC1CC1)c1nc(C(=O)OC)cs1. The second kappa shape index (κ2) is 5.49. The van der Waals surface area contributed by atoms with Gasteiger partial charge in [-0.25, -0.2) is 9.78 Å². The molecule has 0 N–H and O–H groups in total. The number of aromatic nitrogens is 1. The molecule has 1 fully saturated rings. The second-order valence-corrected chi connectivity index (χ2v) is 5.23. The van der Waals surface area contributed by atoms with Crippen molar-refractivity contribution in [2.75, 3.05) is 25.1 Å². The minimum atomic E-state index is -0.352. The number of carbonyl (C=O) groups excluding carboxylic acids is 1. The Balaban J connectivity index is 2.05. The van der Waals surface area contributed by atoms with Crippen molar-refractivity contribution >= 4 is 22.4 Å². The lowest BCUT2D eigenvalue weighted by molar-refractivity contribution is 0.0595. The number of methoxy groups -OCH3 is 1. The molecule has 0 spiro atoms. The first-order valence-electron chi connectivity index (χ1n) is 6.03. The second-order valence-electron chi connectivity index (χ2n) is 4.40. The smallest absolute Gasteiger partial charge is 0.357 e. The molecule has 1 heterocycles. The van der Waals surface area contributed by atoms with Crippen LogP contribution in [0.3, 0.4) is 0 Å². The first-order valence-corrected chi connectivity index (χ1v) is 6.91. The summed E-state index contributed by atoms with van der Waals surface area (Å²) in [6.07, 6.45) is 3.75. The normalized spacial score (nSPS) is 14.7. The highest BCUT2D eigenvalue weighted by Crippen LogP contribution is 2.32. The molecule has 1 aromatic heterocycles. The Morgan fingerprint density at radius 1 is 1.65 bits per heavy atom. The van der Waals surface area contributed by atoms with Crippen LogP contribution in [0, 0.1) is 5.92 Å². The van der Waals surface area contributed by atoms with Gasteiger partial charge in [0.1, 0.15) is 0 Å². The fourth-order valence-corrected chi connectivity index (χ4v) is 2.59. The quantitative estimate of drug-likeness (QED) is 0.732. The number of thiazole rings is 1. The summed E-state index contributed by atoms with van der Waals surface area (Å²) in [5.74, 6) is 0.474. The van der Waals surface area contributed by atoms with Crippen LogP contribution in [-0.2, 0) is 4.74 Å². The van der Waals surface area contributed by atoms with Gasteiger partial charge >= 0.3 is 5.97 Å². The fourth-order valence-electron chi connectivity index (χ4n) is 1.75. The lowest BCUT2D eigenvalue weighted by Crippen LogP contribution is -2.26. The fraction of sp³-hybridized carbons (Fsp3) is 0.667. The van der Waals surface area contributed by atoms with Crippen LogP contribution in [0.5, 0.6) is 0 Å². The number of nitrogens with zero attached hydrogens (tertiary/aromatic N) is 2. The van der Waals surface area contributed by atoms with Gasteiger partial charge in [-0.3, -0.25) is 0 Å². The van der Waals surface area contributed by atoms with Crippen molar-refractivity contribution in [1.29, 1.82) is 0 Å². The molecule has 2 rings (SSSR count). The van der Waals surface area contributed by atoms with E-state index in [4.69, 9.17) is 0 Å². The molecule has 0 unspecified atom stereocenters. The Bertz CT molecular complexity index is 388. The van der Waals surface area contributed by atoms with Crippen LogP contribution in [0.1, 0.15) is 36.7 Å². The molecule has 0 radical (unpaired) electrons. The summed E-state index contributed by atoms with van der Waals surface area (Å²) in [6.45, 7) is 4.24. The highest BCUT2D eigenvalue weighted by molar-refractivity contribution is 7.13. The minimum Gasteiger partial charge on any atom is -0.464 e. The van der Waals surface area contributed by atoms with Crippen LogP contribution in [0.15, 0.2) is 5.38 Å². The zero-order valence-electron chi connectivity index (χ0n) is 10.3. The van der Waals surface area contributed by atoms with E-state index in [2.05, 4.69) is 21.5 Å². The minimum absolute atomic E-state index is 0.352. The molecule has 0 bridgehead atoms. The molecule has 94 valence electrons. The monoisotopic (exact) mass is 254 g/mol. The Hall–Kier alpha value is -1.10.